The Bertz CT molecular complexity index is 1070. The van der Waals surface area contributed by atoms with Crippen LogP contribution in [0.5, 0.6) is 5.75 Å². The number of carbonyl (C=O) groups excluding carboxylic acids is 1. The van der Waals surface area contributed by atoms with E-state index in [0.29, 0.717) is 12.2 Å². The summed E-state index contributed by atoms with van der Waals surface area (Å²) in [5.41, 5.74) is 3.28. The van der Waals surface area contributed by atoms with Gasteiger partial charge in [-0.1, -0.05) is 94.8 Å². The maximum Gasteiger partial charge on any atom is 0.348 e. The van der Waals surface area contributed by atoms with Gasteiger partial charge in [0.1, 0.15) is 5.75 Å². The van der Waals surface area contributed by atoms with Crippen LogP contribution < -0.4 is 4.74 Å². The zero-order valence-electron chi connectivity index (χ0n) is 22.1. The molecule has 0 aliphatic heterocycles. The molecule has 2 aromatic carbocycles. The second-order valence-corrected chi connectivity index (χ2v) is 9.83. The zero-order valence-corrected chi connectivity index (χ0v) is 22.1. The minimum absolute atomic E-state index is 0.186. The van der Waals surface area contributed by atoms with E-state index in [4.69, 9.17) is 9.72 Å². The topological polar surface area (TPSA) is 39.2 Å². The number of esters is 1. The molecule has 0 fully saturated rings. The van der Waals surface area contributed by atoms with Gasteiger partial charge < -0.3 is 4.74 Å². The molecule has 3 nitrogen and oxygen atoms in total. The van der Waals surface area contributed by atoms with Crippen molar-refractivity contribution in [2.75, 3.05) is 0 Å². The maximum absolute atomic E-state index is 14.9. The van der Waals surface area contributed by atoms with Gasteiger partial charge in [0, 0.05) is 11.8 Å². The number of aromatic nitrogens is 1. The second kappa shape index (κ2) is 13.9. The van der Waals surface area contributed by atoms with Gasteiger partial charge in [0.25, 0.3) is 0 Å². The molecule has 36 heavy (non-hydrogen) atoms. The highest BCUT2D eigenvalue weighted by atomic mass is 19.1. The highest BCUT2D eigenvalue weighted by molar-refractivity contribution is 5.83. The third-order valence-electron chi connectivity index (χ3n) is 6.65. The minimum atomic E-state index is -1.98. The number of hydrogen-bond acceptors (Lipinski definition) is 3. The number of ether oxygens (including phenoxy) is 1. The molecule has 4 heteroatoms. The van der Waals surface area contributed by atoms with Gasteiger partial charge in [-0.3, -0.25) is 4.98 Å². The summed E-state index contributed by atoms with van der Waals surface area (Å²) in [7, 11) is 0. The van der Waals surface area contributed by atoms with Gasteiger partial charge in [0.05, 0.1) is 5.69 Å². The van der Waals surface area contributed by atoms with Crippen LogP contribution in [0.2, 0.25) is 0 Å². The minimum Gasteiger partial charge on any atom is -0.424 e. The van der Waals surface area contributed by atoms with E-state index in [1.807, 2.05) is 30.5 Å². The number of nitrogens with zero attached hydrogens (tertiary/aromatic N) is 1. The lowest BCUT2D eigenvalue weighted by molar-refractivity contribution is -0.147. The van der Waals surface area contributed by atoms with Crippen LogP contribution in [0.1, 0.15) is 84.1 Å². The summed E-state index contributed by atoms with van der Waals surface area (Å²) in [6, 6.07) is 19.6. The average Bonchev–Trinajstić information content (AvgIpc) is 2.89. The summed E-state index contributed by atoms with van der Waals surface area (Å²) in [6.45, 7) is 5.68. The molecule has 0 spiro atoms. The standard InChI is InChI=1S/C32H40FNO2/c1-4-6-8-9-13-23-32(3,33)31(35)36-27-20-18-26(19-21-27)28-15-11-12-16-29(28)30-22-17-25(24-34-30)14-10-7-5-2/h11-12,15-22,24H,4-10,13-14,23H2,1-3H3. The molecule has 0 radical (unpaired) electrons. The van der Waals surface area contributed by atoms with Crippen LogP contribution >= 0.6 is 0 Å². The number of hydrogen-bond donors (Lipinski definition) is 0. The van der Waals surface area contributed by atoms with Crippen molar-refractivity contribution in [3.63, 3.8) is 0 Å². The van der Waals surface area contributed by atoms with E-state index in [9.17, 15) is 9.18 Å². The van der Waals surface area contributed by atoms with E-state index in [1.54, 1.807) is 12.1 Å². The Balaban J connectivity index is 1.66. The van der Waals surface area contributed by atoms with Crippen molar-refractivity contribution >= 4 is 5.97 Å². The Morgan fingerprint density at radius 3 is 2.17 bits per heavy atom. The van der Waals surface area contributed by atoms with Crippen LogP contribution in [-0.2, 0) is 11.2 Å². The number of unbranched alkanes of at least 4 members (excludes halogenated alkanes) is 6. The van der Waals surface area contributed by atoms with E-state index >= 15 is 0 Å². The smallest absolute Gasteiger partial charge is 0.348 e. The average molecular weight is 490 g/mol. The lowest BCUT2D eigenvalue weighted by Gasteiger charge is -2.18. The molecular weight excluding hydrogens is 449 g/mol. The SMILES string of the molecule is CCCCCCCC(C)(F)C(=O)Oc1ccc(-c2ccccc2-c2ccc(CCCCC)cn2)cc1. The van der Waals surface area contributed by atoms with Crippen molar-refractivity contribution in [2.24, 2.45) is 0 Å². The molecule has 1 atom stereocenters. The van der Waals surface area contributed by atoms with Crippen LogP contribution in [0.3, 0.4) is 0 Å². The molecule has 3 rings (SSSR count). The molecule has 1 aromatic heterocycles. The van der Waals surface area contributed by atoms with Crippen molar-refractivity contribution in [1.29, 1.82) is 0 Å². The number of benzene rings is 2. The first-order valence-corrected chi connectivity index (χ1v) is 13.5. The van der Waals surface area contributed by atoms with Crippen LogP contribution in [0, 0.1) is 0 Å². The number of rotatable bonds is 14. The number of halogens is 1. The first-order valence-electron chi connectivity index (χ1n) is 13.5. The van der Waals surface area contributed by atoms with Crippen LogP contribution in [-0.4, -0.2) is 16.6 Å². The predicted molar refractivity (Wildman–Crippen MR) is 147 cm³/mol. The molecule has 1 heterocycles. The van der Waals surface area contributed by atoms with Gasteiger partial charge in [-0.2, -0.15) is 0 Å². The third-order valence-corrected chi connectivity index (χ3v) is 6.65. The largest absolute Gasteiger partial charge is 0.424 e. The van der Waals surface area contributed by atoms with E-state index in [0.717, 1.165) is 54.5 Å². The molecule has 3 aromatic rings. The van der Waals surface area contributed by atoms with Crippen LogP contribution in [0.25, 0.3) is 22.4 Å². The molecule has 0 saturated carbocycles. The first kappa shape index (κ1) is 27.6. The van der Waals surface area contributed by atoms with Gasteiger partial charge in [0.15, 0.2) is 0 Å². The van der Waals surface area contributed by atoms with E-state index in [-0.39, 0.29) is 6.42 Å². The molecule has 192 valence electrons. The number of alkyl halides is 1. The molecule has 0 saturated heterocycles. The summed E-state index contributed by atoms with van der Waals surface area (Å²) in [6.07, 6.45) is 11.8. The van der Waals surface area contributed by atoms with E-state index in [2.05, 4.69) is 38.1 Å². The summed E-state index contributed by atoms with van der Waals surface area (Å²) in [5, 5.41) is 0. The number of carbonyl (C=O) groups is 1. The molecule has 0 aliphatic carbocycles. The third kappa shape index (κ3) is 8.01. The predicted octanol–water partition coefficient (Wildman–Crippen LogP) is 9.14. The van der Waals surface area contributed by atoms with Gasteiger partial charge >= 0.3 is 5.97 Å². The van der Waals surface area contributed by atoms with Gasteiger partial charge in [-0.15, -0.1) is 0 Å². The van der Waals surface area contributed by atoms with E-state index in [1.165, 1.54) is 31.7 Å². The number of pyridine rings is 1. The molecule has 0 aliphatic rings. The van der Waals surface area contributed by atoms with Crippen molar-refractivity contribution < 1.29 is 13.9 Å². The molecule has 0 bridgehead atoms. The van der Waals surface area contributed by atoms with Crippen molar-refractivity contribution in [3.05, 3.63) is 72.4 Å². The maximum atomic E-state index is 14.9. The van der Waals surface area contributed by atoms with Crippen molar-refractivity contribution in [1.82, 2.24) is 4.98 Å². The summed E-state index contributed by atoms with van der Waals surface area (Å²) in [5.74, 6) is -0.472. The van der Waals surface area contributed by atoms with Gasteiger partial charge in [0.2, 0.25) is 5.67 Å². The fraction of sp³-hybridized carbons (Fsp3) is 0.438. The monoisotopic (exact) mass is 489 g/mol. The Kier molecular flexibility index (Phi) is 10.7. The molecule has 1 unspecified atom stereocenters. The van der Waals surface area contributed by atoms with Crippen molar-refractivity contribution in [2.45, 2.75) is 90.6 Å². The Morgan fingerprint density at radius 2 is 1.50 bits per heavy atom. The Morgan fingerprint density at radius 1 is 0.833 bits per heavy atom. The molecular formula is C32H40FNO2. The number of aryl methyl sites for hydroxylation is 1. The first-order chi connectivity index (χ1) is 17.4. The van der Waals surface area contributed by atoms with E-state index < -0.39 is 11.6 Å². The summed E-state index contributed by atoms with van der Waals surface area (Å²) >= 11 is 0. The zero-order chi connectivity index (χ0) is 25.8. The quantitative estimate of drug-likeness (QED) is 0.129. The fourth-order valence-electron chi connectivity index (χ4n) is 4.35. The van der Waals surface area contributed by atoms with Gasteiger partial charge in [-0.25, -0.2) is 9.18 Å². The normalized spacial score (nSPS) is 12.8. The Labute approximate surface area is 216 Å². The lowest BCUT2D eigenvalue weighted by Crippen LogP contribution is -2.34. The second-order valence-electron chi connectivity index (χ2n) is 9.83. The highest BCUT2D eigenvalue weighted by Crippen LogP contribution is 2.32. The summed E-state index contributed by atoms with van der Waals surface area (Å²) < 4.78 is 20.3. The fourth-order valence-corrected chi connectivity index (χ4v) is 4.35. The summed E-state index contributed by atoms with van der Waals surface area (Å²) in [4.78, 5) is 17.2. The molecule has 0 amide bonds. The Hall–Kier alpha value is -3.01. The van der Waals surface area contributed by atoms with Crippen molar-refractivity contribution in [3.8, 4) is 28.1 Å². The lowest BCUT2D eigenvalue weighted by atomic mass is 9.97. The van der Waals surface area contributed by atoms with Crippen LogP contribution in [0.4, 0.5) is 4.39 Å². The molecule has 0 N–H and O–H groups in total. The van der Waals surface area contributed by atoms with Crippen LogP contribution in [0.15, 0.2) is 66.9 Å². The highest BCUT2D eigenvalue weighted by Gasteiger charge is 2.34. The van der Waals surface area contributed by atoms with Gasteiger partial charge in [-0.05, 0) is 67.5 Å².